The minimum absolute atomic E-state index is 0.0533. The molecule has 0 fully saturated rings. The van der Waals surface area contributed by atoms with E-state index in [1.165, 1.54) is 49.8 Å². The van der Waals surface area contributed by atoms with Gasteiger partial charge in [0.15, 0.2) is 0 Å². The molecule has 3 rings (SSSR count). The highest BCUT2D eigenvalue weighted by molar-refractivity contribution is 7.92. The average Bonchev–Trinajstić information content (AvgIpc) is 3.16. The van der Waals surface area contributed by atoms with Crippen molar-refractivity contribution in [3.63, 3.8) is 0 Å². The van der Waals surface area contributed by atoms with Crippen LogP contribution in [0, 0.1) is 6.92 Å². The van der Waals surface area contributed by atoms with Crippen molar-refractivity contribution >= 4 is 33.0 Å². The van der Waals surface area contributed by atoms with Crippen LogP contribution in [0.25, 0.3) is 0 Å². The van der Waals surface area contributed by atoms with Crippen LogP contribution in [0.3, 0.4) is 0 Å². The van der Waals surface area contributed by atoms with Crippen LogP contribution in [-0.4, -0.2) is 33.5 Å². The highest BCUT2D eigenvalue weighted by Crippen LogP contribution is 2.30. The highest BCUT2D eigenvalue weighted by Gasteiger charge is 2.24. The van der Waals surface area contributed by atoms with E-state index in [9.17, 15) is 13.2 Å². The van der Waals surface area contributed by atoms with Gasteiger partial charge in [-0.3, -0.25) is 4.31 Å². The second-order valence-electron chi connectivity index (χ2n) is 6.10. The molecule has 152 valence electrons. The van der Waals surface area contributed by atoms with Crippen LogP contribution in [0.15, 0.2) is 58.8 Å². The number of rotatable bonds is 7. The van der Waals surface area contributed by atoms with Gasteiger partial charge in [0, 0.05) is 12.4 Å². The minimum Gasteiger partial charge on any atom is -0.495 e. The normalized spacial score (nSPS) is 11.1. The molecule has 0 aliphatic carbocycles. The zero-order valence-electron chi connectivity index (χ0n) is 16.2. The topological polar surface area (TPSA) is 85.8 Å². The maximum absolute atomic E-state index is 12.9. The molecule has 0 atom stereocenters. The van der Waals surface area contributed by atoms with Gasteiger partial charge in [0.05, 0.1) is 34.0 Å². The lowest BCUT2D eigenvalue weighted by Gasteiger charge is -2.21. The molecule has 0 aliphatic heterocycles. The summed E-state index contributed by atoms with van der Waals surface area (Å²) in [6.45, 7) is 1.94. The Morgan fingerprint density at radius 1 is 1.14 bits per heavy atom. The monoisotopic (exact) mass is 432 g/mol. The molecule has 0 saturated carbocycles. The summed E-state index contributed by atoms with van der Waals surface area (Å²) < 4.78 is 37.5. The lowest BCUT2D eigenvalue weighted by molar-refractivity contribution is 0.0468. The number of hydrogen-bond acceptors (Lipinski definition) is 7. The summed E-state index contributed by atoms with van der Waals surface area (Å²) in [4.78, 5) is 16.5. The molecule has 9 heteroatoms. The van der Waals surface area contributed by atoms with E-state index in [0.29, 0.717) is 17.1 Å². The number of methoxy groups -OCH3 is 1. The van der Waals surface area contributed by atoms with E-state index in [1.807, 2.05) is 12.3 Å². The lowest BCUT2D eigenvalue weighted by atomic mass is 10.2. The molecule has 3 aromatic rings. The van der Waals surface area contributed by atoms with Crippen molar-refractivity contribution < 1.29 is 22.7 Å². The molecule has 2 aromatic carbocycles. The molecule has 0 radical (unpaired) electrons. The molecule has 0 unspecified atom stereocenters. The largest absolute Gasteiger partial charge is 0.495 e. The van der Waals surface area contributed by atoms with E-state index < -0.39 is 16.0 Å². The third-order valence-electron chi connectivity index (χ3n) is 4.19. The van der Waals surface area contributed by atoms with Crippen LogP contribution >= 0.6 is 11.3 Å². The van der Waals surface area contributed by atoms with E-state index >= 15 is 0 Å². The molecule has 0 saturated heterocycles. The fourth-order valence-corrected chi connectivity index (χ4v) is 4.44. The molecule has 7 nitrogen and oxygen atoms in total. The zero-order valence-corrected chi connectivity index (χ0v) is 17.8. The van der Waals surface area contributed by atoms with Gasteiger partial charge in [-0.1, -0.05) is 12.1 Å². The first-order valence-corrected chi connectivity index (χ1v) is 10.9. The van der Waals surface area contributed by atoms with Gasteiger partial charge in [0.25, 0.3) is 10.0 Å². The molecule has 29 heavy (non-hydrogen) atoms. The van der Waals surface area contributed by atoms with Crippen molar-refractivity contribution in [2.75, 3.05) is 18.5 Å². The Hall–Kier alpha value is -2.91. The van der Waals surface area contributed by atoms with E-state index in [-0.39, 0.29) is 17.1 Å². The number of carbonyl (C=O) groups excluding carboxylic acids is 1. The standard InChI is InChI=1S/C20H20N2O5S2/c1-14-21-16(13-28-14)12-27-20(23)15-8-10-17(11-9-15)29(24,25)22(2)18-6-4-5-7-19(18)26-3/h4-11,13H,12H2,1-3H3. The highest BCUT2D eigenvalue weighted by atomic mass is 32.2. The summed E-state index contributed by atoms with van der Waals surface area (Å²) in [5, 5.41) is 2.72. The zero-order chi connectivity index (χ0) is 21.0. The first-order chi connectivity index (χ1) is 13.8. The number of sulfonamides is 1. The number of para-hydroxylation sites is 2. The van der Waals surface area contributed by atoms with Crippen molar-refractivity contribution in [3.05, 3.63) is 70.2 Å². The van der Waals surface area contributed by atoms with Gasteiger partial charge in [-0.25, -0.2) is 18.2 Å². The first kappa shape index (κ1) is 20.8. The Kier molecular flexibility index (Phi) is 6.19. The Morgan fingerprint density at radius 2 is 1.83 bits per heavy atom. The summed E-state index contributed by atoms with van der Waals surface area (Å²) in [7, 11) is -0.899. The van der Waals surface area contributed by atoms with Crippen LogP contribution in [0.4, 0.5) is 5.69 Å². The molecule has 0 N–H and O–H groups in total. The van der Waals surface area contributed by atoms with Crippen LogP contribution in [0.2, 0.25) is 0 Å². The molecule has 1 heterocycles. The predicted molar refractivity (Wildman–Crippen MR) is 111 cm³/mol. The second kappa shape index (κ2) is 8.62. The summed E-state index contributed by atoms with van der Waals surface area (Å²) in [5.74, 6) is -0.103. The number of ether oxygens (including phenoxy) is 2. The van der Waals surface area contributed by atoms with Gasteiger partial charge in [-0.05, 0) is 43.3 Å². The van der Waals surface area contributed by atoms with Crippen molar-refractivity contribution in [2.45, 2.75) is 18.4 Å². The number of aryl methyl sites for hydroxylation is 1. The Bertz CT molecular complexity index is 1110. The lowest BCUT2D eigenvalue weighted by Crippen LogP contribution is -2.27. The molecular weight excluding hydrogens is 412 g/mol. The van der Waals surface area contributed by atoms with Gasteiger partial charge < -0.3 is 9.47 Å². The van der Waals surface area contributed by atoms with Gasteiger partial charge in [0.2, 0.25) is 0 Å². The number of nitrogens with zero attached hydrogens (tertiary/aromatic N) is 2. The quantitative estimate of drug-likeness (QED) is 0.530. The fourth-order valence-electron chi connectivity index (χ4n) is 2.64. The summed E-state index contributed by atoms with van der Waals surface area (Å²) in [6.07, 6.45) is 0. The first-order valence-electron chi connectivity index (χ1n) is 8.63. The third-order valence-corrected chi connectivity index (χ3v) is 6.80. The van der Waals surface area contributed by atoms with E-state index in [2.05, 4.69) is 4.98 Å². The van der Waals surface area contributed by atoms with Crippen LogP contribution < -0.4 is 9.04 Å². The van der Waals surface area contributed by atoms with Crippen LogP contribution in [0.5, 0.6) is 5.75 Å². The number of hydrogen-bond donors (Lipinski definition) is 0. The van der Waals surface area contributed by atoms with Crippen molar-refractivity contribution in [1.82, 2.24) is 4.98 Å². The van der Waals surface area contributed by atoms with E-state index in [4.69, 9.17) is 9.47 Å². The van der Waals surface area contributed by atoms with Crippen molar-refractivity contribution in [1.29, 1.82) is 0 Å². The maximum atomic E-state index is 12.9. The Morgan fingerprint density at radius 3 is 2.45 bits per heavy atom. The fraction of sp³-hybridized carbons (Fsp3) is 0.200. The summed E-state index contributed by atoms with van der Waals surface area (Å²) in [6, 6.07) is 12.4. The van der Waals surface area contributed by atoms with E-state index in [1.54, 1.807) is 24.3 Å². The minimum atomic E-state index is -3.83. The predicted octanol–water partition coefficient (Wildman–Crippen LogP) is 3.64. The molecule has 0 spiro atoms. The van der Waals surface area contributed by atoms with Crippen LogP contribution in [-0.2, 0) is 21.4 Å². The van der Waals surface area contributed by atoms with Gasteiger partial charge in [-0.15, -0.1) is 11.3 Å². The van der Waals surface area contributed by atoms with Crippen molar-refractivity contribution in [3.8, 4) is 5.75 Å². The molecule has 0 amide bonds. The number of benzene rings is 2. The average molecular weight is 433 g/mol. The number of carbonyl (C=O) groups is 1. The van der Waals surface area contributed by atoms with E-state index in [0.717, 1.165) is 9.31 Å². The molecular formula is C20H20N2O5S2. The number of thiazole rings is 1. The summed E-state index contributed by atoms with van der Waals surface area (Å²) in [5.41, 5.74) is 1.35. The number of esters is 1. The summed E-state index contributed by atoms with van der Waals surface area (Å²) >= 11 is 1.48. The molecule has 0 bridgehead atoms. The van der Waals surface area contributed by atoms with Gasteiger partial charge in [0.1, 0.15) is 12.4 Å². The second-order valence-corrected chi connectivity index (χ2v) is 9.13. The molecule has 1 aromatic heterocycles. The smallest absolute Gasteiger partial charge is 0.338 e. The SMILES string of the molecule is COc1ccccc1N(C)S(=O)(=O)c1ccc(C(=O)OCc2csc(C)n2)cc1. The van der Waals surface area contributed by atoms with Crippen LogP contribution in [0.1, 0.15) is 21.1 Å². The number of anilines is 1. The third kappa shape index (κ3) is 4.57. The Balaban J connectivity index is 1.75. The Labute approximate surface area is 173 Å². The number of aromatic nitrogens is 1. The van der Waals surface area contributed by atoms with Crippen molar-refractivity contribution in [2.24, 2.45) is 0 Å². The van der Waals surface area contributed by atoms with Gasteiger partial charge in [-0.2, -0.15) is 0 Å². The maximum Gasteiger partial charge on any atom is 0.338 e. The van der Waals surface area contributed by atoms with Gasteiger partial charge >= 0.3 is 5.97 Å². The molecule has 0 aliphatic rings.